The molecule has 0 saturated carbocycles. The van der Waals surface area contributed by atoms with Crippen molar-refractivity contribution < 1.29 is 4.79 Å². The normalized spacial score (nSPS) is 10.2. The maximum atomic E-state index is 12.0. The van der Waals surface area contributed by atoms with Crippen molar-refractivity contribution in [3.05, 3.63) is 45.6 Å². The van der Waals surface area contributed by atoms with Gasteiger partial charge in [0.15, 0.2) is 0 Å². The fourth-order valence-corrected chi connectivity index (χ4v) is 2.01. The topological polar surface area (TPSA) is 46.1 Å². The lowest BCUT2D eigenvalue weighted by Gasteiger charge is -2.15. The quantitative estimate of drug-likeness (QED) is 0.803. The maximum Gasteiger partial charge on any atom is 0.255 e. The molecular weight excluding hydrogens is 258 g/mol. The van der Waals surface area contributed by atoms with Crippen molar-refractivity contribution in [2.24, 2.45) is 0 Å². The summed E-state index contributed by atoms with van der Waals surface area (Å²) in [6.07, 6.45) is 1.47. The molecule has 0 aliphatic rings. The lowest BCUT2D eigenvalue weighted by molar-refractivity contribution is 0.0783. The van der Waals surface area contributed by atoms with Crippen molar-refractivity contribution in [2.45, 2.75) is 6.54 Å². The zero-order valence-electron chi connectivity index (χ0n) is 9.13. The van der Waals surface area contributed by atoms with Crippen LogP contribution in [0.1, 0.15) is 16.1 Å². The van der Waals surface area contributed by atoms with Gasteiger partial charge in [0.2, 0.25) is 0 Å². The van der Waals surface area contributed by atoms with E-state index in [2.05, 4.69) is 9.97 Å². The molecule has 0 N–H and O–H groups in total. The van der Waals surface area contributed by atoms with Crippen LogP contribution in [0.25, 0.3) is 0 Å². The molecule has 0 saturated heterocycles. The standard InChI is InChI=1S/C11H10ClN3OS/c1-15(5-9-6-17-7-14-9)11(16)8-2-3-10(12)13-4-8/h2-4,6-7H,5H2,1H3. The van der Waals surface area contributed by atoms with Crippen LogP contribution in [0.4, 0.5) is 0 Å². The van der Waals surface area contributed by atoms with Gasteiger partial charge < -0.3 is 4.90 Å². The molecule has 0 aliphatic carbocycles. The first kappa shape index (κ1) is 12.0. The molecule has 0 aromatic carbocycles. The van der Waals surface area contributed by atoms with Crippen molar-refractivity contribution in [1.82, 2.24) is 14.9 Å². The lowest BCUT2D eigenvalue weighted by atomic mass is 10.2. The molecule has 0 spiro atoms. The summed E-state index contributed by atoms with van der Waals surface area (Å²) in [5.41, 5.74) is 3.15. The summed E-state index contributed by atoms with van der Waals surface area (Å²) >= 11 is 7.18. The van der Waals surface area contributed by atoms with E-state index < -0.39 is 0 Å². The highest BCUT2D eigenvalue weighted by molar-refractivity contribution is 7.07. The SMILES string of the molecule is CN(Cc1cscn1)C(=O)c1ccc(Cl)nc1. The summed E-state index contributed by atoms with van der Waals surface area (Å²) in [5, 5.41) is 2.30. The minimum atomic E-state index is -0.0952. The average molecular weight is 268 g/mol. The Kier molecular flexibility index (Phi) is 3.71. The Labute approximate surface area is 108 Å². The number of carbonyl (C=O) groups is 1. The second kappa shape index (κ2) is 5.25. The molecule has 0 unspecified atom stereocenters. The number of amides is 1. The first-order chi connectivity index (χ1) is 8.16. The zero-order valence-corrected chi connectivity index (χ0v) is 10.7. The predicted octanol–water partition coefficient (Wildman–Crippen LogP) is 2.46. The highest BCUT2D eigenvalue weighted by Gasteiger charge is 2.12. The monoisotopic (exact) mass is 267 g/mol. The fraction of sp³-hybridized carbons (Fsp3) is 0.182. The number of thiazole rings is 1. The number of nitrogens with zero attached hydrogens (tertiary/aromatic N) is 3. The van der Waals surface area contributed by atoms with Crippen molar-refractivity contribution >= 4 is 28.8 Å². The van der Waals surface area contributed by atoms with Gasteiger partial charge >= 0.3 is 0 Å². The molecular formula is C11H10ClN3OS. The third-order valence-electron chi connectivity index (χ3n) is 2.20. The minimum absolute atomic E-state index is 0.0952. The van der Waals surface area contributed by atoms with Gasteiger partial charge in [0.25, 0.3) is 5.91 Å². The number of pyridine rings is 1. The highest BCUT2D eigenvalue weighted by Crippen LogP contribution is 2.10. The third-order valence-corrected chi connectivity index (χ3v) is 3.06. The Balaban J connectivity index is 2.07. The number of hydrogen-bond donors (Lipinski definition) is 0. The molecule has 0 fully saturated rings. The Morgan fingerprint density at radius 2 is 2.29 bits per heavy atom. The average Bonchev–Trinajstić information content (AvgIpc) is 2.82. The van der Waals surface area contributed by atoms with E-state index >= 15 is 0 Å². The molecule has 17 heavy (non-hydrogen) atoms. The summed E-state index contributed by atoms with van der Waals surface area (Å²) in [7, 11) is 1.73. The van der Waals surface area contributed by atoms with Gasteiger partial charge in [-0.2, -0.15) is 0 Å². The number of hydrogen-bond acceptors (Lipinski definition) is 4. The van der Waals surface area contributed by atoms with Gasteiger partial charge in [-0.3, -0.25) is 4.79 Å². The van der Waals surface area contributed by atoms with Crippen LogP contribution in [-0.4, -0.2) is 27.8 Å². The number of aromatic nitrogens is 2. The van der Waals surface area contributed by atoms with E-state index in [1.54, 1.807) is 29.6 Å². The van der Waals surface area contributed by atoms with Gasteiger partial charge in [0.05, 0.1) is 23.3 Å². The van der Waals surface area contributed by atoms with Crippen molar-refractivity contribution in [1.29, 1.82) is 0 Å². The molecule has 2 aromatic rings. The van der Waals surface area contributed by atoms with Gasteiger partial charge in [-0.1, -0.05) is 11.6 Å². The third kappa shape index (κ3) is 3.01. The second-order valence-corrected chi connectivity index (χ2v) is 4.62. The Morgan fingerprint density at radius 1 is 1.47 bits per heavy atom. The van der Waals surface area contributed by atoms with Crippen LogP contribution in [0.5, 0.6) is 0 Å². The molecule has 2 heterocycles. The first-order valence-electron chi connectivity index (χ1n) is 4.91. The molecule has 0 atom stereocenters. The van der Waals surface area contributed by atoms with E-state index in [1.807, 2.05) is 5.38 Å². The van der Waals surface area contributed by atoms with Crippen molar-refractivity contribution in [3.63, 3.8) is 0 Å². The van der Waals surface area contributed by atoms with E-state index in [0.29, 0.717) is 17.3 Å². The maximum absolute atomic E-state index is 12.0. The fourth-order valence-electron chi connectivity index (χ4n) is 1.35. The van der Waals surface area contributed by atoms with Crippen LogP contribution in [0.15, 0.2) is 29.2 Å². The highest BCUT2D eigenvalue weighted by atomic mass is 35.5. The van der Waals surface area contributed by atoms with Crippen LogP contribution in [-0.2, 0) is 6.54 Å². The van der Waals surface area contributed by atoms with Crippen LogP contribution in [0.2, 0.25) is 5.15 Å². The molecule has 2 rings (SSSR count). The van der Waals surface area contributed by atoms with Crippen molar-refractivity contribution in [3.8, 4) is 0 Å². The molecule has 1 amide bonds. The zero-order chi connectivity index (χ0) is 12.3. The summed E-state index contributed by atoms with van der Waals surface area (Å²) in [6.45, 7) is 0.491. The summed E-state index contributed by atoms with van der Waals surface area (Å²) in [6, 6.07) is 3.26. The largest absolute Gasteiger partial charge is 0.336 e. The Morgan fingerprint density at radius 3 is 2.88 bits per heavy atom. The number of carbonyl (C=O) groups excluding carboxylic acids is 1. The number of halogens is 1. The van der Waals surface area contributed by atoms with E-state index in [1.165, 1.54) is 17.5 Å². The van der Waals surface area contributed by atoms with E-state index in [4.69, 9.17) is 11.6 Å². The summed E-state index contributed by atoms with van der Waals surface area (Å²) in [4.78, 5) is 21.6. The van der Waals surface area contributed by atoms with Gasteiger partial charge in [0, 0.05) is 18.6 Å². The summed E-state index contributed by atoms with van der Waals surface area (Å²) in [5.74, 6) is -0.0952. The van der Waals surface area contributed by atoms with Gasteiger partial charge in [-0.15, -0.1) is 11.3 Å². The minimum Gasteiger partial charge on any atom is -0.336 e. The molecule has 0 radical (unpaired) electrons. The molecule has 0 aliphatic heterocycles. The summed E-state index contributed by atoms with van der Waals surface area (Å²) < 4.78 is 0. The van der Waals surface area contributed by atoms with E-state index in [9.17, 15) is 4.79 Å². The van der Waals surface area contributed by atoms with E-state index in [0.717, 1.165) is 5.69 Å². The predicted molar refractivity (Wildman–Crippen MR) is 67.2 cm³/mol. The molecule has 2 aromatic heterocycles. The van der Waals surface area contributed by atoms with Gasteiger partial charge in [-0.25, -0.2) is 9.97 Å². The molecule has 4 nitrogen and oxygen atoms in total. The lowest BCUT2D eigenvalue weighted by Crippen LogP contribution is -2.26. The van der Waals surface area contributed by atoms with E-state index in [-0.39, 0.29) is 5.91 Å². The molecule has 6 heteroatoms. The number of rotatable bonds is 3. The van der Waals surface area contributed by atoms with Crippen LogP contribution in [0.3, 0.4) is 0 Å². The first-order valence-corrected chi connectivity index (χ1v) is 6.23. The van der Waals surface area contributed by atoms with Crippen LogP contribution >= 0.6 is 22.9 Å². The van der Waals surface area contributed by atoms with Gasteiger partial charge in [0.1, 0.15) is 5.15 Å². The van der Waals surface area contributed by atoms with Crippen molar-refractivity contribution in [2.75, 3.05) is 7.05 Å². The van der Waals surface area contributed by atoms with Crippen LogP contribution in [0, 0.1) is 0 Å². The van der Waals surface area contributed by atoms with Crippen LogP contribution < -0.4 is 0 Å². The molecule has 88 valence electrons. The van der Waals surface area contributed by atoms with Gasteiger partial charge in [-0.05, 0) is 12.1 Å². The Hall–Kier alpha value is -1.46. The molecule has 0 bridgehead atoms. The Bertz CT molecular complexity index is 498. The second-order valence-electron chi connectivity index (χ2n) is 3.51. The smallest absolute Gasteiger partial charge is 0.255 e.